The first kappa shape index (κ1) is 21.0. The smallest absolute Gasteiger partial charge is 0.359 e. The molecule has 2 heterocycles. The molecular weight excluding hydrogens is 385 g/mol. The molecule has 5 atom stereocenters. The Morgan fingerprint density at radius 1 is 1.25 bits per heavy atom. The van der Waals surface area contributed by atoms with Gasteiger partial charge in [0.05, 0.1) is 5.30 Å². The van der Waals surface area contributed by atoms with Crippen LogP contribution in [0.25, 0.3) is 0 Å². The SMILES string of the molecule is CC(=O)OC1C(OP(=O)(O)c2ccc(CCC(=O)O)cc2)CC2CCC1N2C. The van der Waals surface area contributed by atoms with Crippen LogP contribution in [-0.2, 0) is 29.8 Å². The maximum Gasteiger partial charge on any atom is 0.359 e. The zero-order valence-electron chi connectivity index (χ0n) is 16.0. The van der Waals surface area contributed by atoms with Gasteiger partial charge in [-0.15, -0.1) is 0 Å². The zero-order chi connectivity index (χ0) is 20.5. The van der Waals surface area contributed by atoms with Crippen molar-refractivity contribution in [3.63, 3.8) is 0 Å². The highest BCUT2D eigenvalue weighted by atomic mass is 31.2. The number of carboxylic acids is 1. The number of esters is 1. The van der Waals surface area contributed by atoms with Crippen LogP contribution in [-0.4, -0.2) is 58.2 Å². The van der Waals surface area contributed by atoms with Crippen molar-refractivity contribution in [2.24, 2.45) is 0 Å². The van der Waals surface area contributed by atoms with Gasteiger partial charge >= 0.3 is 19.5 Å². The van der Waals surface area contributed by atoms with Crippen molar-refractivity contribution in [1.29, 1.82) is 0 Å². The molecule has 1 aromatic rings. The second-order valence-electron chi connectivity index (χ2n) is 7.50. The van der Waals surface area contributed by atoms with Crippen molar-refractivity contribution in [2.45, 2.75) is 63.3 Å². The minimum absolute atomic E-state index is 0.00489. The Morgan fingerprint density at radius 3 is 2.54 bits per heavy atom. The number of carbonyl (C=O) groups excluding carboxylic acids is 1. The Kier molecular flexibility index (Phi) is 6.25. The molecule has 2 aliphatic rings. The van der Waals surface area contributed by atoms with Crippen molar-refractivity contribution in [3.8, 4) is 0 Å². The molecule has 154 valence electrons. The van der Waals surface area contributed by atoms with E-state index in [1.807, 2.05) is 7.05 Å². The van der Waals surface area contributed by atoms with Gasteiger partial charge in [-0.05, 0) is 50.4 Å². The van der Waals surface area contributed by atoms with Gasteiger partial charge in [0.25, 0.3) is 0 Å². The van der Waals surface area contributed by atoms with Gasteiger partial charge in [0.15, 0.2) is 0 Å². The molecule has 0 saturated carbocycles. The largest absolute Gasteiger partial charge is 0.481 e. The van der Waals surface area contributed by atoms with Gasteiger partial charge in [-0.1, -0.05) is 12.1 Å². The van der Waals surface area contributed by atoms with Crippen LogP contribution < -0.4 is 5.30 Å². The van der Waals surface area contributed by atoms with E-state index in [0.29, 0.717) is 12.8 Å². The summed E-state index contributed by atoms with van der Waals surface area (Å²) >= 11 is 0. The Balaban J connectivity index is 1.73. The molecule has 3 rings (SSSR count). The lowest BCUT2D eigenvalue weighted by Gasteiger charge is -2.42. The van der Waals surface area contributed by atoms with E-state index in [-0.39, 0.29) is 23.8 Å². The lowest BCUT2D eigenvalue weighted by Crippen LogP contribution is -2.54. The number of carbonyl (C=O) groups is 2. The average Bonchev–Trinajstić information content (AvgIpc) is 2.87. The molecule has 0 amide bonds. The summed E-state index contributed by atoms with van der Waals surface area (Å²) < 4.78 is 24.0. The fourth-order valence-corrected chi connectivity index (χ4v) is 5.39. The second-order valence-corrected chi connectivity index (χ2v) is 9.27. The molecule has 0 aromatic heterocycles. The molecule has 2 fully saturated rings. The molecule has 0 aliphatic carbocycles. The molecule has 1 aromatic carbocycles. The topological polar surface area (TPSA) is 113 Å². The summed E-state index contributed by atoms with van der Waals surface area (Å²) in [5.74, 6) is -1.33. The number of likely N-dealkylation sites (N-methyl/N-ethyl adjacent to an activating group) is 1. The fraction of sp³-hybridized carbons (Fsp3) is 0.579. The second kappa shape index (κ2) is 8.33. The predicted octanol–water partition coefficient (Wildman–Crippen LogP) is 1.70. The van der Waals surface area contributed by atoms with Crippen molar-refractivity contribution in [3.05, 3.63) is 29.8 Å². The van der Waals surface area contributed by atoms with Gasteiger partial charge in [0.2, 0.25) is 0 Å². The van der Waals surface area contributed by atoms with Crippen LogP contribution in [0.5, 0.6) is 0 Å². The van der Waals surface area contributed by atoms with Gasteiger partial charge in [0.1, 0.15) is 12.2 Å². The van der Waals surface area contributed by atoms with Crippen molar-refractivity contribution in [1.82, 2.24) is 4.90 Å². The lowest BCUT2D eigenvalue weighted by molar-refractivity contribution is -0.160. The highest BCUT2D eigenvalue weighted by molar-refractivity contribution is 7.61. The first-order chi connectivity index (χ1) is 13.2. The summed E-state index contributed by atoms with van der Waals surface area (Å²) in [6, 6.07) is 6.45. The van der Waals surface area contributed by atoms with Crippen molar-refractivity contribution >= 4 is 24.8 Å². The van der Waals surface area contributed by atoms with Crippen molar-refractivity contribution in [2.75, 3.05) is 7.05 Å². The van der Waals surface area contributed by atoms with Gasteiger partial charge in [0, 0.05) is 25.4 Å². The number of piperidine rings is 1. The van der Waals surface area contributed by atoms with Crippen LogP contribution in [0.4, 0.5) is 0 Å². The Labute approximate surface area is 164 Å². The van der Waals surface area contributed by atoms with Crippen LogP contribution in [0, 0.1) is 0 Å². The number of rotatable bonds is 7. The molecule has 2 N–H and O–H groups in total. The van der Waals surface area contributed by atoms with E-state index in [9.17, 15) is 19.0 Å². The number of hydrogen-bond acceptors (Lipinski definition) is 6. The number of hydrogen-bond donors (Lipinski definition) is 2. The van der Waals surface area contributed by atoms with Crippen LogP contribution in [0.3, 0.4) is 0 Å². The average molecular weight is 411 g/mol. The van der Waals surface area contributed by atoms with E-state index in [1.165, 1.54) is 19.1 Å². The van der Waals surface area contributed by atoms with Gasteiger partial charge < -0.3 is 14.7 Å². The monoisotopic (exact) mass is 411 g/mol. The lowest BCUT2D eigenvalue weighted by atomic mass is 9.97. The van der Waals surface area contributed by atoms with Gasteiger partial charge in [-0.25, -0.2) is 0 Å². The number of ether oxygens (including phenoxy) is 1. The van der Waals surface area contributed by atoms with E-state index >= 15 is 0 Å². The summed E-state index contributed by atoms with van der Waals surface area (Å²) in [6.07, 6.45) is 1.41. The summed E-state index contributed by atoms with van der Waals surface area (Å²) in [4.78, 5) is 34.9. The molecule has 28 heavy (non-hydrogen) atoms. The van der Waals surface area contributed by atoms with E-state index in [4.69, 9.17) is 14.4 Å². The molecule has 2 bridgehead atoms. The minimum Gasteiger partial charge on any atom is -0.481 e. The summed E-state index contributed by atoms with van der Waals surface area (Å²) in [6.45, 7) is 1.33. The minimum atomic E-state index is -4.12. The molecule has 0 radical (unpaired) electrons. The molecule has 8 nitrogen and oxygen atoms in total. The molecule has 0 spiro atoms. The first-order valence-electron chi connectivity index (χ1n) is 9.39. The Hall–Kier alpha value is -1.73. The number of nitrogens with zero attached hydrogens (tertiary/aromatic N) is 1. The number of aliphatic carboxylic acids is 1. The zero-order valence-corrected chi connectivity index (χ0v) is 16.9. The number of fused-ring (bicyclic) bond motifs is 2. The standard InChI is InChI=1S/C19H26NO7P/c1-12(21)26-19-16-9-6-14(20(16)2)11-17(19)27-28(24,25)15-7-3-13(4-8-15)5-10-18(22)23/h3-4,7-8,14,16-17,19H,5-6,9-11H2,1-2H3,(H,22,23)(H,24,25). The van der Waals surface area contributed by atoms with Crippen LogP contribution >= 0.6 is 7.60 Å². The van der Waals surface area contributed by atoms with Crippen molar-refractivity contribution < 1.29 is 33.4 Å². The maximum atomic E-state index is 12.9. The maximum absolute atomic E-state index is 12.9. The third-order valence-electron chi connectivity index (χ3n) is 5.62. The molecule has 9 heteroatoms. The summed E-state index contributed by atoms with van der Waals surface area (Å²) in [5, 5.41) is 8.89. The van der Waals surface area contributed by atoms with Crippen LogP contribution in [0.2, 0.25) is 0 Å². The highest BCUT2D eigenvalue weighted by Crippen LogP contribution is 2.47. The van der Waals surface area contributed by atoms with Crippen LogP contribution in [0.15, 0.2) is 24.3 Å². The van der Waals surface area contributed by atoms with E-state index < -0.39 is 31.7 Å². The van der Waals surface area contributed by atoms with E-state index in [2.05, 4.69) is 4.90 Å². The first-order valence-corrected chi connectivity index (χ1v) is 11.0. The number of carboxylic acid groups (broad SMARTS) is 1. The quantitative estimate of drug-likeness (QED) is 0.515. The normalized spacial score (nSPS) is 29.2. The van der Waals surface area contributed by atoms with Gasteiger partial charge in [-0.2, -0.15) is 0 Å². The molecule has 2 aliphatic heterocycles. The third-order valence-corrected chi connectivity index (χ3v) is 7.12. The highest BCUT2D eigenvalue weighted by Gasteiger charge is 2.49. The Bertz CT molecular complexity index is 781. The van der Waals surface area contributed by atoms with E-state index in [1.54, 1.807) is 12.1 Å². The van der Waals surface area contributed by atoms with Crippen LogP contribution in [0.1, 0.15) is 38.2 Å². The summed E-state index contributed by atoms with van der Waals surface area (Å²) in [5.41, 5.74) is 0.765. The number of benzene rings is 1. The summed E-state index contributed by atoms with van der Waals surface area (Å²) in [7, 11) is -2.15. The van der Waals surface area contributed by atoms with E-state index in [0.717, 1.165) is 18.4 Å². The molecule has 5 unspecified atom stereocenters. The number of aryl methyl sites for hydroxylation is 1. The van der Waals surface area contributed by atoms with Gasteiger partial charge in [-0.3, -0.25) is 23.6 Å². The predicted molar refractivity (Wildman–Crippen MR) is 101 cm³/mol. The fourth-order valence-electron chi connectivity index (χ4n) is 4.17. The molecular formula is C19H26NO7P. The Morgan fingerprint density at radius 2 is 1.93 bits per heavy atom. The third kappa shape index (κ3) is 4.63. The molecule has 2 saturated heterocycles.